The maximum Gasteiger partial charge on any atom is 0.287 e. The molecule has 7 heteroatoms. The van der Waals surface area contributed by atoms with Gasteiger partial charge in [0.25, 0.3) is 5.69 Å². The molecule has 0 aliphatic carbocycles. The van der Waals surface area contributed by atoms with Crippen LogP contribution in [0.1, 0.15) is 11.3 Å². The normalized spacial score (nSPS) is 10.4. The minimum absolute atomic E-state index is 0.00897. The maximum atomic E-state index is 10.6. The summed E-state index contributed by atoms with van der Waals surface area (Å²) >= 11 is 0. The highest BCUT2D eigenvalue weighted by atomic mass is 16.6. The number of pyridine rings is 1. The zero-order valence-corrected chi connectivity index (χ0v) is 10.8. The van der Waals surface area contributed by atoms with E-state index in [0.717, 1.165) is 17.7 Å². The standard InChI is InChI=1S/C12H15N5O2/c1-9-7-11(17(18)19)8-14-12(9)13-5-3-10-4-6-15-16(10)2/h4,6-8H,3,5H2,1-2H3,(H,13,14). The lowest BCUT2D eigenvalue weighted by atomic mass is 10.2. The first-order valence-corrected chi connectivity index (χ1v) is 5.89. The van der Waals surface area contributed by atoms with Crippen molar-refractivity contribution in [3.05, 3.63) is 45.9 Å². The second-order valence-electron chi connectivity index (χ2n) is 4.24. The van der Waals surface area contributed by atoms with Crippen LogP contribution in [-0.4, -0.2) is 26.2 Å². The van der Waals surface area contributed by atoms with Crippen molar-refractivity contribution in [1.29, 1.82) is 0 Å². The minimum atomic E-state index is -0.445. The van der Waals surface area contributed by atoms with Crippen LogP contribution in [0.3, 0.4) is 0 Å². The van der Waals surface area contributed by atoms with E-state index in [1.807, 2.05) is 17.8 Å². The van der Waals surface area contributed by atoms with Crippen molar-refractivity contribution >= 4 is 11.5 Å². The molecule has 0 unspecified atom stereocenters. The van der Waals surface area contributed by atoms with Gasteiger partial charge in [0.05, 0.1) is 4.92 Å². The number of nitrogens with one attached hydrogen (secondary N) is 1. The number of hydrogen-bond acceptors (Lipinski definition) is 5. The van der Waals surface area contributed by atoms with Gasteiger partial charge in [-0.2, -0.15) is 5.10 Å². The van der Waals surface area contributed by atoms with Crippen LogP contribution in [0.5, 0.6) is 0 Å². The van der Waals surface area contributed by atoms with Crippen LogP contribution in [0, 0.1) is 17.0 Å². The van der Waals surface area contributed by atoms with Crippen LogP contribution in [0.2, 0.25) is 0 Å². The molecule has 0 amide bonds. The number of nitrogens with zero attached hydrogens (tertiary/aromatic N) is 4. The first-order chi connectivity index (χ1) is 9.08. The Morgan fingerprint density at radius 1 is 1.53 bits per heavy atom. The third kappa shape index (κ3) is 3.06. The number of aryl methyl sites for hydroxylation is 2. The third-order valence-electron chi connectivity index (χ3n) is 2.87. The van der Waals surface area contributed by atoms with Crippen LogP contribution in [0.15, 0.2) is 24.5 Å². The van der Waals surface area contributed by atoms with E-state index >= 15 is 0 Å². The molecule has 0 fully saturated rings. The lowest BCUT2D eigenvalue weighted by Crippen LogP contribution is -2.10. The molecular weight excluding hydrogens is 246 g/mol. The first kappa shape index (κ1) is 13.0. The monoisotopic (exact) mass is 261 g/mol. The van der Waals surface area contributed by atoms with Gasteiger partial charge >= 0.3 is 0 Å². The van der Waals surface area contributed by atoms with Crippen molar-refractivity contribution in [1.82, 2.24) is 14.8 Å². The molecule has 0 atom stereocenters. The summed E-state index contributed by atoms with van der Waals surface area (Å²) in [5, 5.41) is 17.9. The van der Waals surface area contributed by atoms with Gasteiger partial charge in [0.1, 0.15) is 12.0 Å². The molecule has 2 heterocycles. The van der Waals surface area contributed by atoms with Gasteiger partial charge in [-0.05, 0) is 18.6 Å². The highest BCUT2D eigenvalue weighted by Gasteiger charge is 2.09. The molecule has 2 aromatic heterocycles. The van der Waals surface area contributed by atoms with E-state index in [1.165, 1.54) is 12.3 Å². The smallest absolute Gasteiger partial charge is 0.287 e. The van der Waals surface area contributed by atoms with Crippen molar-refractivity contribution in [2.75, 3.05) is 11.9 Å². The van der Waals surface area contributed by atoms with E-state index in [1.54, 1.807) is 13.1 Å². The molecular formula is C12H15N5O2. The summed E-state index contributed by atoms with van der Waals surface area (Å²) in [6.07, 6.45) is 3.83. The Hall–Kier alpha value is -2.44. The molecule has 1 N–H and O–H groups in total. The summed E-state index contributed by atoms with van der Waals surface area (Å²) in [4.78, 5) is 14.2. The van der Waals surface area contributed by atoms with E-state index in [-0.39, 0.29) is 5.69 Å². The fraction of sp³-hybridized carbons (Fsp3) is 0.333. The van der Waals surface area contributed by atoms with Gasteiger partial charge in [0.2, 0.25) is 0 Å². The van der Waals surface area contributed by atoms with Crippen LogP contribution in [-0.2, 0) is 13.5 Å². The molecule has 2 rings (SSSR count). The molecule has 0 saturated carbocycles. The molecule has 0 spiro atoms. The fourth-order valence-electron chi connectivity index (χ4n) is 1.80. The molecule has 7 nitrogen and oxygen atoms in total. The van der Waals surface area contributed by atoms with Gasteiger partial charge in [-0.25, -0.2) is 4.98 Å². The van der Waals surface area contributed by atoms with Crippen molar-refractivity contribution < 1.29 is 4.92 Å². The lowest BCUT2D eigenvalue weighted by Gasteiger charge is -2.08. The van der Waals surface area contributed by atoms with Gasteiger partial charge in [0.15, 0.2) is 0 Å². The number of hydrogen-bond donors (Lipinski definition) is 1. The second-order valence-corrected chi connectivity index (χ2v) is 4.24. The average Bonchev–Trinajstić information content (AvgIpc) is 2.77. The Labute approximate surface area is 110 Å². The predicted molar refractivity (Wildman–Crippen MR) is 71.0 cm³/mol. The van der Waals surface area contributed by atoms with E-state index in [9.17, 15) is 10.1 Å². The Morgan fingerprint density at radius 3 is 2.89 bits per heavy atom. The largest absolute Gasteiger partial charge is 0.369 e. The summed E-state index contributed by atoms with van der Waals surface area (Å²) in [7, 11) is 1.89. The molecule has 0 aromatic carbocycles. The second kappa shape index (κ2) is 5.47. The molecule has 100 valence electrons. The molecule has 0 aliphatic rings. The van der Waals surface area contributed by atoms with Crippen LogP contribution < -0.4 is 5.32 Å². The molecule has 0 aliphatic heterocycles. The molecule has 2 aromatic rings. The van der Waals surface area contributed by atoms with E-state index in [0.29, 0.717) is 12.4 Å². The summed E-state index contributed by atoms with van der Waals surface area (Å²) < 4.78 is 1.82. The lowest BCUT2D eigenvalue weighted by molar-refractivity contribution is -0.385. The highest BCUT2D eigenvalue weighted by Crippen LogP contribution is 2.17. The Kier molecular flexibility index (Phi) is 3.74. The average molecular weight is 261 g/mol. The number of rotatable bonds is 5. The number of anilines is 1. The Balaban J connectivity index is 1.96. The van der Waals surface area contributed by atoms with Gasteiger partial charge in [-0.3, -0.25) is 14.8 Å². The third-order valence-corrected chi connectivity index (χ3v) is 2.87. The molecule has 0 radical (unpaired) electrons. The minimum Gasteiger partial charge on any atom is -0.369 e. The van der Waals surface area contributed by atoms with Gasteiger partial charge in [-0.1, -0.05) is 0 Å². The van der Waals surface area contributed by atoms with Crippen LogP contribution in [0.4, 0.5) is 11.5 Å². The summed E-state index contributed by atoms with van der Waals surface area (Å²) in [5.74, 6) is 0.674. The van der Waals surface area contributed by atoms with Gasteiger partial charge in [-0.15, -0.1) is 0 Å². The van der Waals surface area contributed by atoms with E-state index in [4.69, 9.17) is 0 Å². The van der Waals surface area contributed by atoms with Crippen LogP contribution in [0.25, 0.3) is 0 Å². The van der Waals surface area contributed by atoms with Crippen molar-refractivity contribution in [2.45, 2.75) is 13.3 Å². The van der Waals surface area contributed by atoms with Crippen molar-refractivity contribution in [3.8, 4) is 0 Å². The zero-order chi connectivity index (χ0) is 13.8. The van der Waals surface area contributed by atoms with Crippen molar-refractivity contribution in [3.63, 3.8) is 0 Å². The van der Waals surface area contributed by atoms with Gasteiger partial charge < -0.3 is 5.32 Å². The summed E-state index contributed by atoms with van der Waals surface area (Å²) in [5.41, 5.74) is 1.89. The Morgan fingerprint density at radius 2 is 2.32 bits per heavy atom. The van der Waals surface area contributed by atoms with Gasteiger partial charge in [0, 0.05) is 38.0 Å². The van der Waals surface area contributed by atoms with E-state index < -0.39 is 4.92 Å². The summed E-state index contributed by atoms with van der Waals surface area (Å²) in [6, 6.07) is 3.47. The SMILES string of the molecule is Cc1cc([N+](=O)[O-])cnc1NCCc1ccnn1C. The molecule has 0 bridgehead atoms. The first-order valence-electron chi connectivity index (χ1n) is 5.89. The summed E-state index contributed by atoms with van der Waals surface area (Å²) in [6.45, 7) is 2.50. The number of nitro groups is 1. The topological polar surface area (TPSA) is 85.9 Å². The zero-order valence-electron chi connectivity index (χ0n) is 10.8. The maximum absolute atomic E-state index is 10.6. The number of aromatic nitrogens is 3. The fourth-order valence-corrected chi connectivity index (χ4v) is 1.80. The Bertz CT molecular complexity index is 594. The van der Waals surface area contributed by atoms with E-state index in [2.05, 4.69) is 15.4 Å². The predicted octanol–water partition coefficient (Wildman–Crippen LogP) is 1.69. The molecule has 19 heavy (non-hydrogen) atoms. The van der Waals surface area contributed by atoms with Crippen molar-refractivity contribution in [2.24, 2.45) is 7.05 Å². The quantitative estimate of drug-likeness (QED) is 0.653. The molecule has 0 saturated heterocycles. The highest BCUT2D eigenvalue weighted by molar-refractivity contribution is 5.48. The van der Waals surface area contributed by atoms with Crippen LogP contribution >= 0.6 is 0 Å².